The summed E-state index contributed by atoms with van der Waals surface area (Å²) in [5, 5.41) is 0. The molecule has 0 aliphatic carbocycles. The maximum atomic E-state index is 13.4. The monoisotopic (exact) mass is 463 g/mol. The predicted octanol–water partition coefficient (Wildman–Crippen LogP) is 2.53. The molecule has 0 bridgehead atoms. The van der Waals surface area contributed by atoms with Crippen LogP contribution in [0.15, 0.2) is 77.7 Å². The molecule has 0 saturated carbocycles. The average Bonchev–Trinajstić information content (AvgIpc) is 2.82. The predicted molar refractivity (Wildman–Crippen MR) is 125 cm³/mol. The van der Waals surface area contributed by atoms with Gasteiger partial charge in [-0.25, -0.2) is 13.1 Å². The second-order valence-corrected chi connectivity index (χ2v) is 9.85. The van der Waals surface area contributed by atoms with Crippen molar-refractivity contribution in [3.8, 4) is 0 Å². The van der Waals surface area contributed by atoms with Crippen molar-refractivity contribution in [2.24, 2.45) is 5.73 Å². The van der Waals surface area contributed by atoms with Crippen molar-refractivity contribution in [1.29, 1.82) is 0 Å². The van der Waals surface area contributed by atoms with E-state index in [2.05, 4.69) is 4.72 Å². The van der Waals surface area contributed by atoms with Crippen LogP contribution in [-0.2, 0) is 34.3 Å². The molecule has 0 fully saturated rings. The number of aryl methyl sites for hydroxylation is 1. The van der Waals surface area contributed by atoms with Crippen LogP contribution in [0.3, 0.4) is 0 Å². The average molecular weight is 464 g/mol. The zero-order valence-electron chi connectivity index (χ0n) is 18.2. The first-order valence-corrected chi connectivity index (χ1v) is 12.1. The van der Waals surface area contributed by atoms with Crippen molar-refractivity contribution >= 4 is 21.8 Å². The number of nitrogens with zero attached hydrogens (tertiary/aromatic N) is 1. The summed E-state index contributed by atoms with van der Waals surface area (Å²) < 4.78 is 28.6. The van der Waals surface area contributed by atoms with E-state index < -0.39 is 27.9 Å². The zero-order valence-corrected chi connectivity index (χ0v) is 19.0. The van der Waals surface area contributed by atoms with E-state index in [4.69, 9.17) is 5.73 Å². The molecule has 1 aliphatic rings. The van der Waals surface area contributed by atoms with Gasteiger partial charge in [0.2, 0.25) is 15.9 Å². The molecule has 170 valence electrons. The quantitative estimate of drug-likeness (QED) is 0.585. The van der Waals surface area contributed by atoms with E-state index in [-0.39, 0.29) is 23.5 Å². The highest BCUT2D eigenvalue weighted by molar-refractivity contribution is 7.89. The number of carbonyl (C=O) groups is 2. The van der Waals surface area contributed by atoms with E-state index >= 15 is 0 Å². The topological polar surface area (TPSA) is 110 Å². The largest absolute Gasteiger partial charge is 0.368 e. The molecule has 3 N–H and O–H groups in total. The molecule has 0 radical (unpaired) electrons. The molecule has 33 heavy (non-hydrogen) atoms. The molecular weight excluding hydrogens is 438 g/mol. The summed E-state index contributed by atoms with van der Waals surface area (Å²) in [6.45, 7) is 2.03. The van der Waals surface area contributed by atoms with Gasteiger partial charge in [-0.1, -0.05) is 60.7 Å². The number of hydrogen-bond donors (Lipinski definition) is 2. The first-order valence-electron chi connectivity index (χ1n) is 10.6. The number of hydrogen-bond acceptors (Lipinski definition) is 4. The van der Waals surface area contributed by atoms with Gasteiger partial charge in [-0.2, -0.15) is 0 Å². The van der Waals surface area contributed by atoms with Crippen LogP contribution in [0.1, 0.15) is 32.6 Å². The summed E-state index contributed by atoms with van der Waals surface area (Å²) in [6.07, 6.45) is 0.326. The van der Waals surface area contributed by atoms with Gasteiger partial charge in [0.15, 0.2) is 0 Å². The van der Waals surface area contributed by atoms with Crippen molar-refractivity contribution < 1.29 is 18.0 Å². The van der Waals surface area contributed by atoms with Crippen LogP contribution in [0.4, 0.5) is 0 Å². The fourth-order valence-corrected chi connectivity index (χ4v) is 5.32. The Morgan fingerprint density at radius 3 is 2.36 bits per heavy atom. The molecule has 1 atom stereocenters. The minimum atomic E-state index is -3.87. The van der Waals surface area contributed by atoms with Crippen LogP contribution in [0.5, 0.6) is 0 Å². The van der Waals surface area contributed by atoms with Gasteiger partial charge in [-0.05, 0) is 41.3 Å². The number of sulfonamides is 1. The third-order valence-electron chi connectivity index (χ3n) is 5.87. The van der Waals surface area contributed by atoms with Gasteiger partial charge >= 0.3 is 0 Å². The maximum Gasteiger partial charge on any atom is 0.254 e. The van der Waals surface area contributed by atoms with Crippen molar-refractivity contribution in [3.63, 3.8) is 0 Å². The van der Waals surface area contributed by atoms with Crippen LogP contribution < -0.4 is 10.5 Å². The lowest BCUT2D eigenvalue weighted by molar-refractivity contribution is -0.122. The minimum Gasteiger partial charge on any atom is -0.368 e. The summed E-state index contributed by atoms with van der Waals surface area (Å²) in [7, 11) is -3.87. The Bertz CT molecular complexity index is 1310. The van der Waals surface area contributed by atoms with Crippen LogP contribution in [-0.4, -0.2) is 31.2 Å². The van der Waals surface area contributed by atoms with E-state index in [0.717, 1.165) is 16.7 Å². The van der Waals surface area contributed by atoms with Gasteiger partial charge in [-0.3, -0.25) is 9.59 Å². The molecule has 1 unspecified atom stereocenters. The number of amides is 2. The van der Waals surface area contributed by atoms with Gasteiger partial charge in [0.25, 0.3) is 5.91 Å². The second-order valence-electron chi connectivity index (χ2n) is 8.11. The summed E-state index contributed by atoms with van der Waals surface area (Å²) in [4.78, 5) is 27.0. The molecule has 1 aliphatic heterocycles. The first-order chi connectivity index (χ1) is 15.8. The van der Waals surface area contributed by atoms with E-state index in [1.165, 1.54) is 11.0 Å². The molecule has 2 amide bonds. The lowest BCUT2D eigenvalue weighted by Crippen LogP contribution is -2.51. The smallest absolute Gasteiger partial charge is 0.254 e. The Morgan fingerprint density at radius 1 is 1.00 bits per heavy atom. The highest BCUT2D eigenvalue weighted by atomic mass is 32.2. The lowest BCUT2D eigenvalue weighted by atomic mass is 9.93. The standard InChI is InChI=1S/C25H25N3O4S/c1-17-11-12-20(14-23(17)33(31,32)27-15-18-7-3-2-4-8-18)25(30)28-16-21-10-6-5-9-19(21)13-22(28)24(26)29/h2-12,14,22,27H,13,15-16H2,1H3,(H2,26,29). The Morgan fingerprint density at radius 2 is 1.67 bits per heavy atom. The third-order valence-corrected chi connectivity index (χ3v) is 7.41. The number of benzene rings is 3. The molecule has 0 aromatic heterocycles. The normalized spacial score (nSPS) is 15.7. The van der Waals surface area contributed by atoms with E-state index in [1.807, 2.05) is 54.6 Å². The van der Waals surface area contributed by atoms with Crippen molar-refractivity contribution in [2.75, 3.05) is 0 Å². The minimum absolute atomic E-state index is 0.0253. The highest BCUT2D eigenvalue weighted by Crippen LogP contribution is 2.26. The Kier molecular flexibility index (Phi) is 6.31. The van der Waals surface area contributed by atoms with Gasteiger partial charge in [-0.15, -0.1) is 0 Å². The van der Waals surface area contributed by atoms with Crippen LogP contribution in [0.2, 0.25) is 0 Å². The van der Waals surface area contributed by atoms with Crippen LogP contribution >= 0.6 is 0 Å². The molecular formula is C25H25N3O4S. The molecule has 8 heteroatoms. The Labute approximate surface area is 193 Å². The maximum absolute atomic E-state index is 13.4. The zero-order chi connectivity index (χ0) is 23.6. The third kappa shape index (κ3) is 4.81. The number of primary amides is 1. The summed E-state index contributed by atoms with van der Waals surface area (Å²) in [6, 6.07) is 20.5. The molecule has 3 aromatic rings. The number of rotatable bonds is 6. The fourth-order valence-electron chi connectivity index (χ4n) is 4.03. The number of fused-ring (bicyclic) bond motifs is 1. The second kappa shape index (κ2) is 9.17. The van der Waals surface area contributed by atoms with E-state index in [1.54, 1.807) is 19.1 Å². The lowest BCUT2D eigenvalue weighted by Gasteiger charge is -2.35. The molecule has 0 spiro atoms. The summed E-state index contributed by atoms with van der Waals surface area (Å²) in [5.74, 6) is -1.03. The number of carbonyl (C=O) groups excluding carboxylic acids is 2. The van der Waals surface area contributed by atoms with Gasteiger partial charge in [0, 0.05) is 25.1 Å². The SMILES string of the molecule is Cc1ccc(C(=O)N2Cc3ccccc3CC2C(N)=O)cc1S(=O)(=O)NCc1ccccc1. The van der Waals surface area contributed by atoms with Gasteiger partial charge in [0.1, 0.15) is 6.04 Å². The molecule has 3 aromatic carbocycles. The van der Waals surface area contributed by atoms with E-state index in [9.17, 15) is 18.0 Å². The van der Waals surface area contributed by atoms with Crippen molar-refractivity contribution in [1.82, 2.24) is 9.62 Å². The van der Waals surface area contributed by atoms with Crippen LogP contribution in [0, 0.1) is 6.92 Å². The number of nitrogens with one attached hydrogen (secondary N) is 1. The van der Waals surface area contributed by atoms with Gasteiger partial charge in [0.05, 0.1) is 4.90 Å². The highest BCUT2D eigenvalue weighted by Gasteiger charge is 2.34. The van der Waals surface area contributed by atoms with Crippen molar-refractivity contribution in [2.45, 2.75) is 37.4 Å². The van der Waals surface area contributed by atoms with Crippen molar-refractivity contribution in [3.05, 3.63) is 101 Å². The Balaban J connectivity index is 1.62. The fraction of sp³-hybridized carbons (Fsp3) is 0.200. The Hall–Kier alpha value is -3.49. The van der Waals surface area contributed by atoms with Crippen LogP contribution in [0.25, 0.3) is 0 Å². The summed E-state index contributed by atoms with van der Waals surface area (Å²) >= 11 is 0. The van der Waals surface area contributed by atoms with E-state index in [0.29, 0.717) is 12.0 Å². The first kappa shape index (κ1) is 22.7. The van der Waals surface area contributed by atoms with Gasteiger partial charge < -0.3 is 10.6 Å². The number of nitrogens with two attached hydrogens (primary N) is 1. The molecule has 4 rings (SSSR count). The summed E-state index contributed by atoms with van der Waals surface area (Å²) in [5.41, 5.74) is 9.05. The molecule has 0 saturated heterocycles. The molecule has 7 nitrogen and oxygen atoms in total. The molecule has 1 heterocycles.